The van der Waals surface area contributed by atoms with Crippen molar-refractivity contribution in [1.29, 1.82) is 0 Å². The molecule has 5 rings (SSSR count). The molecule has 1 atom stereocenters. The summed E-state index contributed by atoms with van der Waals surface area (Å²) in [6, 6.07) is 8.57. The minimum Gasteiger partial charge on any atom is -0.350 e. The third kappa shape index (κ3) is 3.10. The fourth-order valence-electron chi connectivity index (χ4n) is 5.66. The van der Waals surface area contributed by atoms with Crippen LogP contribution in [0.25, 0.3) is 5.57 Å². The Morgan fingerprint density at radius 2 is 2.07 bits per heavy atom. The predicted molar refractivity (Wildman–Crippen MR) is 119 cm³/mol. The highest BCUT2D eigenvalue weighted by Crippen LogP contribution is 2.61. The third-order valence-corrected chi connectivity index (χ3v) is 7.43. The molecule has 0 saturated carbocycles. The number of hydrogen-bond acceptors (Lipinski definition) is 4. The molecule has 1 aromatic heterocycles. The lowest BCUT2D eigenvalue weighted by molar-refractivity contribution is 0.0586. The fraction of sp³-hybridized carbons (Fsp3) is 0.440. The van der Waals surface area contributed by atoms with Crippen LogP contribution in [-0.4, -0.2) is 23.1 Å². The summed E-state index contributed by atoms with van der Waals surface area (Å²) in [5, 5.41) is 7.00. The van der Waals surface area contributed by atoms with Gasteiger partial charge in [-0.15, -0.1) is 0 Å². The van der Waals surface area contributed by atoms with Crippen LogP contribution in [0.4, 0.5) is 5.95 Å². The summed E-state index contributed by atoms with van der Waals surface area (Å²) in [6.07, 6.45) is 13.6. The van der Waals surface area contributed by atoms with Crippen molar-refractivity contribution in [2.24, 2.45) is 10.8 Å². The van der Waals surface area contributed by atoms with E-state index >= 15 is 0 Å². The van der Waals surface area contributed by atoms with Crippen LogP contribution >= 0.6 is 0 Å². The first-order valence-electron chi connectivity index (χ1n) is 10.8. The molecular weight excluding hydrogens is 356 g/mol. The summed E-state index contributed by atoms with van der Waals surface area (Å²) >= 11 is 0. The molecule has 0 radical (unpaired) electrons. The van der Waals surface area contributed by atoms with Gasteiger partial charge < -0.3 is 10.6 Å². The minimum atomic E-state index is 0.152. The molecule has 1 unspecified atom stereocenters. The number of allylic oxidation sites excluding steroid dienone is 4. The van der Waals surface area contributed by atoms with Crippen molar-refractivity contribution in [2.75, 3.05) is 18.4 Å². The average molecular weight is 387 g/mol. The van der Waals surface area contributed by atoms with Gasteiger partial charge in [0.05, 0.1) is 5.69 Å². The van der Waals surface area contributed by atoms with E-state index in [4.69, 9.17) is 4.98 Å². The number of piperidine rings is 1. The van der Waals surface area contributed by atoms with Crippen LogP contribution in [0.5, 0.6) is 0 Å². The standard InChI is InChI=1S/C25H30N4/c1-18-6-5-7-19(14-18)16-27-23-28-17-20-15-25(10-12-26-13-11-25)24(2)9-4-3-8-21(24)22(20)29-23/h3-8,14,17,26H,9-13,15-16H2,1-2H3,(H,27,28,29). The monoisotopic (exact) mass is 386 g/mol. The Morgan fingerprint density at radius 1 is 1.21 bits per heavy atom. The SMILES string of the molecule is Cc1cccc(CNc2ncc3c(n2)C2=CC=CCC2(C)C2(CCNCC2)C3)c1. The van der Waals surface area contributed by atoms with Gasteiger partial charge in [0, 0.05) is 18.2 Å². The molecular formula is C25H30N4. The maximum Gasteiger partial charge on any atom is 0.223 e. The number of rotatable bonds is 3. The molecule has 1 saturated heterocycles. The van der Waals surface area contributed by atoms with E-state index in [-0.39, 0.29) is 5.41 Å². The van der Waals surface area contributed by atoms with E-state index in [0.717, 1.165) is 44.1 Å². The van der Waals surface area contributed by atoms with Crippen LogP contribution in [-0.2, 0) is 13.0 Å². The van der Waals surface area contributed by atoms with Crippen molar-refractivity contribution in [3.63, 3.8) is 0 Å². The fourth-order valence-corrected chi connectivity index (χ4v) is 5.66. The second-order valence-corrected chi connectivity index (χ2v) is 9.16. The van der Waals surface area contributed by atoms with Crippen molar-refractivity contribution in [2.45, 2.75) is 46.1 Å². The summed E-state index contributed by atoms with van der Waals surface area (Å²) in [4.78, 5) is 9.70. The average Bonchev–Trinajstić information content (AvgIpc) is 2.74. The van der Waals surface area contributed by atoms with E-state index in [1.165, 1.54) is 35.1 Å². The van der Waals surface area contributed by atoms with Gasteiger partial charge in [0.15, 0.2) is 0 Å². The van der Waals surface area contributed by atoms with Crippen LogP contribution in [0, 0.1) is 17.8 Å². The Kier molecular flexibility index (Phi) is 4.54. The lowest BCUT2D eigenvalue weighted by Crippen LogP contribution is -2.51. The van der Waals surface area contributed by atoms with E-state index < -0.39 is 0 Å². The van der Waals surface area contributed by atoms with Gasteiger partial charge in [-0.25, -0.2) is 9.97 Å². The number of aromatic nitrogens is 2. The zero-order valence-electron chi connectivity index (χ0n) is 17.5. The summed E-state index contributed by atoms with van der Waals surface area (Å²) in [7, 11) is 0. The van der Waals surface area contributed by atoms with Gasteiger partial charge in [0.2, 0.25) is 5.95 Å². The van der Waals surface area contributed by atoms with Gasteiger partial charge >= 0.3 is 0 Å². The molecule has 2 heterocycles. The zero-order chi connectivity index (χ0) is 19.9. The molecule has 150 valence electrons. The topological polar surface area (TPSA) is 49.8 Å². The Balaban J connectivity index is 1.48. The smallest absolute Gasteiger partial charge is 0.223 e. The summed E-state index contributed by atoms with van der Waals surface area (Å²) in [6.45, 7) is 7.56. The Labute approximate surface area is 173 Å². The molecule has 2 N–H and O–H groups in total. The zero-order valence-corrected chi connectivity index (χ0v) is 17.5. The number of aryl methyl sites for hydroxylation is 1. The van der Waals surface area contributed by atoms with Gasteiger partial charge in [-0.1, -0.05) is 55.0 Å². The van der Waals surface area contributed by atoms with Crippen molar-refractivity contribution in [1.82, 2.24) is 15.3 Å². The normalized spacial score (nSPS) is 24.6. The number of anilines is 1. The molecule has 1 aliphatic heterocycles. The van der Waals surface area contributed by atoms with E-state index in [1.54, 1.807) is 0 Å². The molecule has 1 spiro atoms. The largest absolute Gasteiger partial charge is 0.350 e. The molecule has 2 aromatic rings. The molecule has 0 bridgehead atoms. The Bertz CT molecular complexity index is 984. The van der Waals surface area contributed by atoms with Crippen LogP contribution in [0.15, 0.2) is 48.7 Å². The second-order valence-electron chi connectivity index (χ2n) is 9.16. The van der Waals surface area contributed by atoms with Gasteiger partial charge in [-0.05, 0) is 67.8 Å². The molecule has 4 nitrogen and oxygen atoms in total. The highest BCUT2D eigenvalue weighted by Gasteiger charge is 2.54. The summed E-state index contributed by atoms with van der Waals surface area (Å²) in [5.74, 6) is 0.726. The first-order chi connectivity index (χ1) is 14.1. The number of nitrogens with zero attached hydrogens (tertiary/aromatic N) is 2. The van der Waals surface area contributed by atoms with Gasteiger partial charge in [-0.2, -0.15) is 0 Å². The van der Waals surface area contributed by atoms with E-state index in [2.05, 4.69) is 78.2 Å². The number of nitrogens with one attached hydrogen (secondary N) is 2. The summed E-state index contributed by atoms with van der Waals surface area (Å²) < 4.78 is 0. The van der Waals surface area contributed by atoms with E-state index in [9.17, 15) is 0 Å². The molecule has 1 fully saturated rings. The van der Waals surface area contributed by atoms with Crippen LogP contribution < -0.4 is 10.6 Å². The van der Waals surface area contributed by atoms with E-state index in [0.29, 0.717) is 5.41 Å². The Hall–Kier alpha value is -2.46. The highest BCUT2D eigenvalue weighted by molar-refractivity contribution is 5.76. The van der Waals surface area contributed by atoms with Gasteiger partial charge in [-0.3, -0.25) is 0 Å². The van der Waals surface area contributed by atoms with Crippen molar-refractivity contribution < 1.29 is 0 Å². The number of fused-ring (bicyclic) bond motifs is 4. The first kappa shape index (κ1) is 18.6. The lowest BCUT2D eigenvalue weighted by Gasteiger charge is -2.56. The quantitative estimate of drug-likeness (QED) is 0.805. The lowest BCUT2D eigenvalue weighted by atomic mass is 9.49. The summed E-state index contributed by atoms with van der Waals surface area (Å²) in [5.41, 5.74) is 6.86. The maximum absolute atomic E-state index is 5.02. The maximum atomic E-state index is 5.02. The molecule has 29 heavy (non-hydrogen) atoms. The number of hydrogen-bond donors (Lipinski definition) is 2. The molecule has 1 aromatic carbocycles. The predicted octanol–water partition coefficient (Wildman–Crippen LogP) is 4.67. The Morgan fingerprint density at radius 3 is 2.90 bits per heavy atom. The van der Waals surface area contributed by atoms with Crippen LogP contribution in [0.1, 0.15) is 48.6 Å². The number of benzene rings is 1. The molecule has 4 heteroatoms. The van der Waals surface area contributed by atoms with Crippen LogP contribution in [0.2, 0.25) is 0 Å². The minimum absolute atomic E-state index is 0.152. The molecule has 2 aliphatic carbocycles. The van der Waals surface area contributed by atoms with Crippen molar-refractivity contribution in [3.8, 4) is 0 Å². The van der Waals surface area contributed by atoms with E-state index in [1.807, 2.05) is 0 Å². The molecule has 0 amide bonds. The second kappa shape index (κ2) is 7.10. The first-order valence-corrected chi connectivity index (χ1v) is 10.8. The molecule has 3 aliphatic rings. The van der Waals surface area contributed by atoms with Gasteiger partial charge in [0.1, 0.15) is 0 Å². The van der Waals surface area contributed by atoms with Crippen molar-refractivity contribution in [3.05, 3.63) is 71.1 Å². The van der Waals surface area contributed by atoms with Gasteiger partial charge in [0.25, 0.3) is 0 Å². The third-order valence-electron chi connectivity index (χ3n) is 7.43. The van der Waals surface area contributed by atoms with Crippen molar-refractivity contribution >= 4 is 11.5 Å². The van der Waals surface area contributed by atoms with Crippen LogP contribution in [0.3, 0.4) is 0 Å². The highest BCUT2D eigenvalue weighted by atomic mass is 15.1.